The van der Waals surface area contributed by atoms with Crippen LogP contribution in [0.1, 0.15) is 124 Å². The zero-order valence-electron chi connectivity index (χ0n) is 56.3. The predicted molar refractivity (Wildman–Crippen MR) is 415 cm³/mol. The fraction of sp³-hybridized carbons (Fsp3) is 0.174. The molecule has 96 heavy (non-hydrogen) atoms. The molecule has 13 aliphatic heterocycles. The van der Waals surface area contributed by atoms with Crippen LogP contribution in [0, 0.1) is 0 Å². The molecule has 12 aromatic rings. The molecule has 0 saturated carbocycles. The number of unbranched alkanes of at least 4 members (excludes halogenated alkanes) is 4. The standard InChI is InChI=1S/C92H88N4/c1-5-9-13-69-21-45-81(46-22-69)93-85-53-29-73(30-54-85)17-18-74-31-55-86(56-32-74)95(83-49-25-71(26-50-83)15-11-7-3)91-65-41-79(42-66-91)80-43-67-92(68-44-80)96(84-51-27-72(28-52-84)16-12-8-4)88-59-35-76(36-60-88)20-19-75-33-57-87(58-34-75)94(82-47-23-70(24-48-82)14-10-6-2)90-63-39-78(40-64-90)77-37-61-89(93)62-38-77/h17-68H,5-16H2,1-4H3. The van der Waals surface area contributed by atoms with Crippen LogP contribution in [0.15, 0.2) is 291 Å². The Balaban J connectivity index is 0.868. The zero-order chi connectivity index (χ0) is 65.4. The monoisotopic (exact) mass is 1250 g/mol. The van der Waals surface area contributed by atoms with E-state index in [2.05, 4.69) is 363 Å². The summed E-state index contributed by atoms with van der Waals surface area (Å²) in [6, 6.07) is 109. The van der Waals surface area contributed by atoms with Crippen molar-refractivity contribution in [1.82, 2.24) is 0 Å². The minimum atomic E-state index is 1.08. The summed E-state index contributed by atoms with van der Waals surface area (Å²) in [5, 5.41) is 0. The van der Waals surface area contributed by atoms with Gasteiger partial charge in [-0.3, -0.25) is 0 Å². The van der Waals surface area contributed by atoms with Gasteiger partial charge in [0.25, 0.3) is 0 Å². The van der Waals surface area contributed by atoms with Crippen molar-refractivity contribution in [3.05, 3.63) is 336 Å². The molecule has 0 N–H and O–H groups in total. The van der Waals surface area contributed by atoms with Crippen molar-refractivity contribution >= 4 is 92.6 Å². The van der Waals surface area contributed by atoms with E-state index in [0.29, 0.717) is 0 Å². The number of hydrogen-bond donors (Lipinski definition) is 0. The number of rotatable bonds is 16. The van der Waals surface area contributed by atoms with Gasteiger partial charge in [0.1, 0.15) is 0 Å². The van der Waals surface area contributed by atoms with Crippen LogP contribution in [0.25, 0.3) is 46.6 Å². The molecule has 0 atom stereocenters. The van der Waals surface area contributed by atoms with Gasteiger partial charge in [-0.25, -0.2) is 0 Å². The molecule has 4 nitrogen and oxygen atoms in total. The zero-order valence-corrected chi connectivity index (χ0v) is 56.3. The third kappa shape index (κ3) is 15.4. The Kier molecular flexibility index (Phi) is 20.7. The van der Waals surface area contributed by atoms with E-state index in [4.69, 9.17) is 0 Å². The second kappa shape index (κ2) is 31.0. The van der Waals surface area contributed by atoms with E-state index in [9.17, 15) is 0 Å². The van der Waals surface area contributed by atoms with Crippen LogP contribution in [-0.4, -0.2) is 0 Å². The molecule has 0 amide bonds. The lowest BCUT2D eigenvalue weighted by atomic mass is 10.0. The van der Waals surface area contributed by atoms with Gasteiger partial charge < -0.3 is 19.6 Å². The maximum absolute atomic E-state index is 2.38. The Labute approximate surface area is 571 Å². The maximum atomic E-state index is 2.38. The number of nitrogens with zero attached hydrogens (tertiary/aromatic N) is 4. The molecule has 12 aromatic carbocycles. The molecular formula is C92H88N4. The Morgan fingerprint density at radius 1 is 0.167 bits per heavy atom. The average molecular weight is 1250 g/mol. The van der Waals surface area contributed by atoms with E-state index < -0.39 is 0 Å². The largest absolute Gasteiger partial charge is 0.311 e. The van der Waals surface area contributed by atoms with Crippen molar-refractivity contribution < 1.29 is 0 Å². The summed E-state index contributed by atoms with van der Waals surface area (Å²) in [5.41, 5.74) is 28.0. The van der Waals surface area contributed by atoms with Crippen molar-refractivity contribution in [2.45, 2.75) is 105 Å². The minimum absolute atomic E-state index is 1.08. The van der Waals surface area contributed by atoms with E-state index >= 15 is 0 Å². The molecule has 0 aliphatic carbocycles. The van der Waals surface area contributed by atoms with Gasteiger partial charge in [0, 0.05) is 68.2 Å². The summed E-state index contributed by atoms with van der Waals surface area (Å²) in [4.78, 5) is 9.51. The lowest BCUT2D eigenvalue weighted by Gasteiger charge is -2.27. The van der Waals surface area contributed by atoms with Crippen LogP contribution in [-0.2, 0) is 25.7 Å². The van der Waals surface area contributed by atoms with Gasteiger partial charge in [-0.1, -0.05) is 223 Å². The number of hydrogen-bond acceptors (Lipinski definition) is 4. The summed E-state index contributed by atoms with van der Waals surface area (Å²) in [7, 11) is 0. The minimum Gasteiger partial charge on any atom is -0.311 e. The van der Waals surface area contributed by atoms with Crippen LogP contribution in [0.5, 0.6) is 0 Å². The molecule has 25 rings (SSSR count). The van der Waals surface area contributed by atoms with Crippen molar-refractivity contribution in [2.24, 2.45) is 0 Å². The SMILES string of the molecule is CCCCc1ccc(N2c3ccc(cc3)C=Cc3ccc(cc3)N(c3ccc(CCCC)cc3)c3ccc(cc3)-c3ccc(cc3)N(c3ccc(CCCC)cc3)c3ccc(cc3)C=Cc3ccc(cc3)N(c3ccc(CCCC)cc3)c3ccc(cc3)-c3ccc2cc3)cc1. The van der Waals surface area contributed by atoms with E-state index in [1.54, 1.807) is 0 Å². The van der Waals surface area contributed by atoms with Gasteiger partial charge >= 0.3 is 0 Å². The maximum Gasteiger partial charge on any atom is 0.0462 e. The Hall–Kier alpha value is -10.7. The van der Waals surface area contributed by atoms with Crippen LogP contribution in [0.4, 0.5) is 68.2 Å². The van der Waals surface area contributed by atoms with Crippen molar-refractivity contribution in [2.75, 3.05) is 19.6 Å². The average Bonchev–Trinajstić information content (AvgIpc) is 0.911. The highest BCUT2D eigenvalue weighted by atomic mass is 15.2. The van der Waals surface area contributed by atoms with Crippen molar-refractivity contribution in [3.63, 3.8) is 0 Å². The van der Waals surface area contributed by atoms with Crippen LogP contribution in [0.3, 0.4) is 0 Å². The summed E-state index contributed by atoms with van der Waals surface area (Å²) < 4.78 is 0. The number of benzene rings is 12. The lowest BCUT2D eigenvalue weighted by Crippen LogP contribution is -2.10. The van der Waals surface area contributed by atoms with Crippen LogP contribution < -0.4 is 19.6 Å². The molecule has 0 fully saturated rings. The van der Waals surface area contributed by atoms with Crippen molar-refractivity contribution in [1.29, 1.82) is 0 Å². The van der Waals surface area contributed by atoms with E-state index in [1.165, 1.54) is 95.9 Å². The first-order chi connectivity index (χ1) is 47.4. The summed E-state index contributed by atoms with van der Waals surface area (Å²) in [6.07, 6.45) is 22.7. The molecule has 0 radical (unpaired) electrons. The first kappa shape index (κ1) is 64.0. The molecule has 13 aliphatic rings. The summed E-state index contributed by atoms with van der Waals surface area (Å²) >= 11 is 0. The highest BCUT2D eigenvalue weighted by Gasteiger charge is 2.19. The third-order valence-electron chi connectivity index (χ3n) is 18.8. The predicted octanol–water partition coefficient (Wildman–Crippen LogP) is 26.9. The summed E-state index contributed by atoms with van der Waals surface area (Å²) in [5.74, 6) is 0. The molecule has 0 unspecified atom stereocenters. The molecule has 0 spiro atoms. The highest BCUT2D eigenvalue weighted by Crippen LogP contribution is 2.42. The molecule has 0 saturated heterocycles. The van der Waals surface area contributed by atoms with Gasteiger partial charge in [-0.15, -0.1) is 0 Å². The topological polar surface area (TPSA) is 13.0 Å². The molecular weight excluding hydrogens is 1160 g/mol. The smallest absolute Gasteiger partial charge is 0.0462 e. The Bertz CT molecular complexity index is 3870. The van der Waals surface area contributed by atoms with Gasteiger partial charge in [0.05, 0.1) is 0 Å². The van der Waals surface area contributed by atoms with Gasteiger partial charge in [-0.05, 0) is 264 Å². The molecule has 0 aromatic heterocycles. The Morgan fingerprint density at radius 2 is 0.302 bits per heavy atom. The second-order valence-electron chi connectivity index (χ2n) is 25.6. The molecule has 476 valence electrons. The normalized spacial score (nSPS) is 12.3. The highest BCUT2D eigenvalue weighted by molar-refractivity contribution is 5.85. The van der Waals surface area contributed by atoms with E-state index in [-0.39, 0.29) is 0 Å². The van der Waals surface area contributed by atoms with Crippen LogP contribution >= 0.6 is 0 Å². The second-order valence-corrected chi connectivity index (χ2v) is 25.6. The molecule has 16 bridgehead atoms. The first-order valence-electron chi connectivity index (χ1n) is 35.1. The van der Waals surface area contributed by atoms with Crippen LogP contribution in [0.2, 0.25) is 0 Å². The fourth-order valence-corrected chi connectivity index (χ4v) is 13.1. The lowest BCUT2D eigenvalue weighted by molar-refractivity contribution is 0.795. The fourth-order valence-electron chi connectivity index (χ4n) is 13.1. The van der Waals surface area contributed by atoms with E-state index in [0.717, 1.165) is 116 Å². The molecule has 4 heteroatoms. The summed E-state index contributed by atoms with van der Waals surface area (Å²) in [6.45, 7) is 9.04. The van der Waals surface area contributed by atoms with Gasteiger partial charge in [0.2, 0.25) is 0 Å². The van der Waals surface area contributed by atoms with E-state index in [1.807, 2.05) is 0 Å². The number of aryl methyl sites for hydroxylation is 4. The van der Waals surface area contributed by atoms with Crippen molar-refractivity contribution in [3.8, 4) is 22.3 Å². The Morgan fingerprint density at radius 3 is 0.448 bits per heavy atom. The first-order valence-corrected chi connectivity index (χ1v) is 35.1. The quantitative estimate of drug-likeness (QED) is 0.0956. The van der Waals surface area contributed by atoms with Gasteiger partial charge in [0.15, 0.2) is 0 Å². The molecule has 13 heterocycles. The third-order valence-corrected chi connectivity index (χ3v) is 18.8. The number of anilines is 12. The van der Waals surface area contributed by atoms with Gasteiger partial charge in [-0.2, -0.15) is 0 Å².